The second-order valence-electron chi connectivity index (χ2n) is 2.94. The molecule has 3 heteroatoms. The van der Waals surface area contributed by atoms with Gasteiger partial charge in [0.25, 0.3) is 0 Å². The van der Waals surface area contributed by atoms with Crippen molar-refractivity contribution in [3.63, 3.8) is 0 Å². The van der Waals surface area contributed by atoms with Crippen molar-refractivity contribution in [1.82, 2.24) is 0 Å². The van der Waals surface area contributed by atoms with Crippen LogP contribution in [0.5, 0.6) is 0 Å². The molecular weight excluding hydrogens is 260 g/mol. The van der Waals surface area contributed by atoms with E-state index in [9.17, 15) is 0 Å². The summed E-state index contributed by atoms with van der Waals surface area (Å²) in [6, 6.07) is 19.4. The molecule has 2 aromatic rings. The van der Waals surface area contributed by atoms with E-state index in [4.69, 9.17) is 5.02 Å². The van der Waals surface area contributed by atoms with Gasteiger partial charge < -0.3 is 5.02 Å². The standard InChI is InChI=1S/C12H8BO.Y/c14-13-12-8-4-7-11(9-12)10-5-2-1-3-6-10;/h1-5,8-9,14H;/q-2;. The minimum absolute atomic E-state index is 0. The van der Waals surface area contributed by atoms with Gasteiger partial charge in [-0.3, -0.25) is 0 Å². The van der Waals surface area contributed by atoms with Gasteiger partial charge in [-0.25, -0.2) is 11.1 Å². The Morgan fingerprint density at radius 3 is 2.47 bits per heavy atom. The van der Waals surface area contributed by atoms with Gasteiger partial charge in [0.2, 0.25) is 0 Å². The van der Waals surface area contributed by atoms with Crippen LogP contribution in [0.2, 0.25) is 0 Å². The Balaban J connectivity index is 0.00000112. The van der Waals surface area contributed by atoms with Crippen LogP contribution >= 0.6 is 0 Å². The number of benzene rings is 2. The first-order valence-corrected chi connectivity index (χ1v) is 4.36. The second-order valence-corrected chi connectivity index (χ2v) is 2.94. The molecule has 0 spiro atoms. The van der Waals surface area contributed by atoms with Crippen molar-refractivity contribution in [2.24, 2.45) is 0 Å². The smallest absolute Gasteiger partial charge is 0.305 e. The fourth-order valence-electron chi connectivity index (χ4n) is 1.28. The van der Waals surface area contributed by atoms with Crippen LogP contribution in [0, 0.1) is 12.1 Å². The Hall–Kier alpha value is -0.431. The molecule has 0 aliphatic carbocycles. The van der Waals surface area contributed by atoms with Crippen molar-refractivity contribution in [3.8, 4) is 11.1 Å². The molecule has 2 rings (SSSR count). The molecule has 0 saturated heterocycles. The summed E-state index contributed by atoms with van der Waals surface area (Å²) in [5, 5.41) is 8.86. The molecule has 0 saturated carbocycles. The molecule has 2 radical (unpaired) electrons. The first kappa shape index (κ1) is 12.6. The third kappa shape index (κ3) is 3.27. The molecule has 0 aliphatic rings. The normalized spacial score (nSPS) is 9.13. The molecule has 0 atom stereocenters. The van der Waals surface area contributed by atoms with E-state index in [1.807, 2.05) is 30.3 Å². The molecule has 0 fully saturated rings. The quantitative estimate of drug-likeness (QED) is 0.640. The summed E-state index contributed by atoms with van der Waals surface area (Å²) in [7, 11) is 1.08. The average Bonchev–Trinajstić information content (AvgIpc) is 2.30. The maximum absolute atomic E-state index is 8.86. The van der Waals surface area contributed by atoms with E-state index in [0.717, 1.165) is 24.1 Å². The van der Waals surface area contributed by atoms with Crippen molar-refractivity contribution < 1.29 is 37.7 Å². The summed E-state index contributed by atoms with van der Waals surface area (Å²) >= 11 is 0. The molecule has 0 bridgehead atoms. The monoisotopic (exact) mass is 268 g/mol. The Kier molecular flexibility index (Phi) is 5.24. The van der Waals surface area contributed by atoms with Gasteiger partial charge in [0, 0.05) is 32.7 Å². The van der Waals surface area contributed by atoms with Gasteiger partial charge in [0.1, 0.15) is 0 Å². The molecule has 0 unspecified atom stereocenters. The molecule has 0 amide bonds. The van der Waals surface area contributed by atoms with Crippen LogP contribution in [0.4, 0.5) is 0 Å². The molecule has 15 heavy (non-hydrogen) atoms. The van der Waals surface area contributed by atoms with Gasteiger partial charge in [0.05, 0.1) is 0 Å². The predicted octanol–water partition coefficient (Wildman–Crippen LogP) is 1.19. The summed E-state index contributed by atoms with van der Waals surface area (Å²) in [5.41, 5.74) is 2.70. The van der Waals surface area contributed by atoms with E-state index in [-0.39, 0.29) is 32.7 Å². The second kappa shape index (κ2) is 6.22. The largest absolute Gasteiger partial charge is 0.451 e. The Morgan fingerprint density at radius 2 is 1.80 bits per heavy atom. The number of rotatable bonds is 2. The van der Waals surface area contributed by atoms with Crippen molar-refractivity contribution >= 4 is 12.9 Å². The first-order chi connectivity index (χ1) is 6.90. The molecule has 70 valence electrons. The zero-order valence-electron chi connectivity index (χ0n) is 8.14. The summed E-state index contributed by atoms with van der Waals surface area (Å²) < 4.78 is 0. The number of hydrogen-bond donors (Lipinski definition) is 1. The maximum Gasteiger partial charge on any atom is 0.305 e. The summed E-state index contributed by atoms with van der Waals surface area (Å²) in [4.78, 5) is 0. The third-order valence-corrected chi connectivity index (χ3v) is 1.97. The van der Waals surface area contributed by atoms with Crippen molar-refractivity contribution in [3.05, 3.63) is 54.6 Å². The van der Waals surface area contributed by atoms with E-state index in [0.29, 0.717) is 0 Å². The van der Waals surface area contributed by atoms with Crippen LogP contribution in [0.1, 0.15) is 0 Å². The zero-order chi connectivity index (χ0) is 9.80. The van der Waals surface area contributed by atoms with Crippen LogP contribution < -0.4 is 5.46 Å². The fraction of sp³-hybridized carbons (Fsp3) is 0. The SMILES string of the molecule is O[B]c1cc[c-]c(-c2[c-]cccc2)c1.[Y]. The van der Waals surface area contributed by atoms with Crippen LogP contribution in [-0.4, -0.2) is 12.5 Å². The van der Waals surface area contributed by atoms with E-state index < -0.39 is 0 Å². The molecule has 1 N–H and O–H groups in total. The van der Waals surface area contributed by atoms with Crippen LogP contribution in [0.25, 0.3) is 11.1 Å². The first-order valence-electron chi connectivity index (χ1n) is 4.36. The van der Waals surface area contributed by atoms with Crippen molar-refractivity contribution in [2.75, 3.05) is 0 Å². The van der Waals surface area contributed by atoms with Crippen LogP contribution in [-0.2, 0) is 32.7 Å². The van der Waals surface area contributed by atoms with Gasteiger partial charge in [-0.2, -0.15) is 42.5 Å². The maximum atomic E-state index is 8.86. The van der Waals surface area contributed by atoms with E-state index in [1.165, 1.54) is 0 Å². The van der Waals surface area contributed by atoms with Gasteiger partial charge in [-0.05, 0) is 0 Å². The summed E-state index contributed by atoms with van der Waals surface area (Å²) in [6.07, 6.45) is 0. The molecule has 2 aromatic carbocycles. The van der Waals surface area contributed by atoms with Crippen molar-refractivity contribution in [1.29, 1.82) is 0 Å². The van der Waals surface area contributed by atoms with E-state index in [2.05, 4.69) is 12.1 Å². The van der Waals surface area contributed by atoms with E-state index >= 15 is 0 Å². The minimum Gasteiger partial charge on any atom is -0.451 e. The van der Waals surface area contributed by atoms with Gasteiger partial charge in [-0.15, -0.1) is 17.6 Å². The van der Waals surface area contributed by atoms with Gasteiger partial charge in [-0.1, -0.05) is 0 Å². The summed E-state index contributed by atoms with van der Waals surface area (Å²) in [5.74, 6) is 0. The topological polar surface area (TPSA) is 20.2 Å². The van der Waals surface area contributed by atoms with Gasteiger partial charge >= 0.3 is 7.48 Å². The Bertz CT molecular complexity index is 417. The number of hydrogen-bond acceptors (Lipinski definition) is 1. The van der Waals surface area contributed by atoms with Crippen LogP contribution in [0.3, 0.4) is 0 Å². The fourth-order valence-corrected chi connectivity index (χ4v) is 1.28. The van der Waals surface area contributed by atoms with Gasteiger partial charge in [0.15, 0.2) is 0 Å². The molecule has 0 aliphatic heterocycles. The average molecular weight is 268 g/mol. The zero-order valence-corrected chi connectivity index (χ0v) is 11.0. The predicted molar refractivity (Wildman–Crippen MR) is 57.2 cm³/mol. The minimum atomic E-state index is 0. The van der Waals surface area contributed by atoms with Crippen LogP contribution in [0.15, 0.2) is 42.5 Å². The Morgan fingerprint density at radius 1 is 1.00 bits per heavy atom. The molecule has 0 aromatic heterocycles. The van der Waals surface area contributed by atoms with E-state index in [1.54, 1.807) is 12.1 Å². The third-order valence-electron chi connectivity index (χ3n) is 1.97. The van der Waals surface area contributed by atoms with Crippen molar-refractivity contribution in [2.45, 2.75) is 0 Å². The molecule has 0 heterocycles. The molecular formula is C12H8BOY-2. The Labute approximate surface area is 116 Å². The summed E-state index contributed by atoms with van der Waals surface area (Å²) in [6.45, 7) is 0. The molecule has 1 nitrogen and oxygen atoms in total.